The van der Waals surface area contributed by atoms with Gasteiger partial charge in [0.15, 0.2) is 0 Å². The van der Waals surface area contributed by atoms with Crippen LogP contribution in [0.25, 0.3) is 0 Å². The molecule has 0 bridgehead atoms. The molecule has 132 valence electrons. The molecule has 2 heterocycles. The summed E-state index contributed by atoms with van der Waals surface area (Å²) < 4.78 is 0. The predicted octanol–water partition coefficient (Wildman–Crippen LogP) is 1.54. The van der Waals surface area contributed by atoms with E-state index in [0.717, 1.165) is 52.1 Å². The molecule has 0 radical (unpaired) electrons. The molecule has 0 aromatic heterocycles. The molecule has 2 N–H and O–H groups in total. The van der Waals surface area contributed by atoms with Crippen LogP contribution in [0.1, 0.15) is 26.2 Å². The first-order valence-electron chi connectivity index (χ1n) is 9.21. The van der Waals surface area contributed by atoms with Gasteiger partial charge in [0.25, 0.3) is 0 Å². The van der Waals surface area contributed by atoms with Gasteiger partial charge in [-0.2, -0.15) is 0 Å². The summed E-state index contributed by atoms with van der Waals surface area (Å²) in [7, 11) is 0. The molecule has 0 aliphatic carbocycles. The van der Waals surface area contributed by atoms with Gasteiger partial charge in [-0.05, 0) is 31.9 Å². The Morgan fingerprint density at radius 2 is 1.83 bits per heavy atom. The lowest BCUT2D eigenvalue weighted by Gasteiger charge is -2.38. The number of carbonyl (C=O) groups excluding carboxylic acids is 1. The van der Waals surface area contributed by atoms with Crippen molar-refractivity contribution in [2.75, 3.05) is 44.2 Å². The molecule has 1 amide bonds. The van der Waals surface area contributed by atoms with Crippen LogP contribution in [0.3, 0.4) is 0 Å². The van der Waals surface area contributed by atoms with Crippen molar-refractivity contribution in [1.29, 1.82) is 0 Å². The number of likely N-dealkylation sites (tertiary alicyclic amines) is 1. The Bertz CT molecular complexity index is 527. The first kappa shape index (κ1) is 17.2. The topological polar surface area (TPSA) is 52.8 Å². The predicted molar refractivity (Wildman–Crippen MR) is 98.1 cm³/mol. The summed E-state index contributed by atoms with van der Waals surface area (Å²) in [5.74, 6) is 0.292. The first-order chi connectivity index (χ1) is 11.6. The molecule has 2 aliphatic rings. The van der Waals surface area contributed by atoms with Crippen molar-refractivity contribution in [2.45, 2.75) is 38.3 Å². The van der Waals surface area contributed by atoms with Gasteiger partial charge >= 0.3 is 0 Å². The second kappa shape index (κ2) is 7.99. The van der Waals surface area contributed by atoms with E-state index in [1.54, 1.807) is 0 Å². The Balaban J connectivity index is 1.41. The number of para-hydroxylation sites is 1. The molecule has 5 nitrogen and oxygen atoms in total. The molecular formula is C19H30N4O. The van der Waals surface area contributed by atoms with E-state index in [1.807, 2.05) is 4.90 Å². The van der Waals surface area contributed by atoms with Gasteiger partial charge in [0.2, 0.25) is 5.91 Å². The summed E-state index contributed by atoms with van der Waals surface area (Å²) in [6, 6.07) is 11.1. The number of amides is 1. The molecule has 24 heavy (non-hydrogen) atoms. The van der Waals surface area contributed by atoms with Crippen LogP contribution >= 0.6 is 0 Å². The Morgan fingerprint density at radius 1 is 1.12 bits per heavy atom. The second-order valence-electron chi connectivity index (χ2n) is 7.13. The highest BCUT2D eigenvalue weighted by atomic mass is 16.2. The van der Waals surface area contributed by atoms with Crippen molar-refractivity contribution in [2.24, 2.45) is 5.73 Å². The van der Waals surface area contributed by atoms with Crippen molar-refractivity contribution in [3.63, 3.8) is 0 Å². The molecule has 2 fully saturated rings. The fourth-order valence-corrected chi connectivity index (χ4v) is 3.84. The number of anilines is 1. The number of carbonyl (C=O) groups is 1. The Morgan fingerprint density at radius 3 is 2.50 bits per heavy atom. The maximum atomic E-state index is 12.5. The number of rotatable bonds is 4. The van der Waals surface area contributed by atoms with Gasteiger partial charge in [-0.1, -0.05) is 18.2 Å². The molecule has 0 unspecified atom stereocenters. The van der Waals surface area contributed by atoms with Crippen LogP contribution in [0.2, 0.25) is 0 Å². The molecule has 2 saturated heterocycles. The van der Waals surface area contributed by atoms with E-state index in [2.05, 4.69) is 47.1 Å². The highest BCUT2D eigenvalue weighted by Gasteiger charge is 2.27. The lowest BCUT2D eigenvalue weighted by atomic mass is 9.99. The fraction of sp³-hybridized carbons (Fsp3) is 0.632. The third kappa shape index (κ3) is 4.28. The zero-order valence-electron chi connectivity index (χ0n) is 14.7. The molecule has 3 rings (SSSR count). The van der Waals surface area contributed by atoms with Gasteiger partial charge < -0.3 is 15.5 Å². The van der Waals surface area contributed by atoms with Gasteiger partial charge in [0.1, 0.15) is 0 Å². The minimum atomic E-state index is 0.259. The van der Waals surface area contributed by atoms with E-state index in [1.165, 1.54) is 5.69 Å². The van der Waals surface area contributed by atoms with Crippen LogP contribution in [-0.2, 0) is 4.79 Å². The molecule has 5 heteroatoms. The summed E-state index contributed by atoms with van der Waals surface area (Å²) in [6.07, 6.45) is 2.50. The van der Waals surface area contributed by atoms with E-state index < -0.39 is 0 Å². The monoisotopic (exact) mass is 330 g/mol. The number of benzene rings is 1. The molecular weight excluding hydrogens is 300 g/mol. The summed E-state index contributed by atoms with van der Waals surface area (Å²) in [5, 5.41) is 0. The third-order valence-corrected chi connectivity index (χ3v) is 5.37. The number of hydrogen-bond acceptors (Lipinski definition) is 4. The highest BCUT2D eigenvalue weighted by molar-refractivity contribution is 5.76. The zero-order valence-corrected chi connectivity index (χ0v) is 14.7. The summed E-state index contributed by atoms with van der Waals surface area (Å²) in [4.78, 5) is 19.4. The van der Waals surface area contributed by atoms with E-state index in [9.17, 15) is 4.79 Å². The summed E-state index contributed by atoms with van der Waals surface area (Å²) >= 11 is 0. The minimum absolute atomic E-state index is 0.259. The Hall–Kier alpha value is -1.59. The highest BCUT2D eigenvalue weighted by Crippen LogP contribution is 2.18. The van der Waals surface area contributed by atoms with Crippen molar-refractivity contribution < 1.29 is 4.79 Å². The lowest BCUT2D eigenvalue weighted by Crippen LogP contribution is -2.50. The maximum absolute atomic E-state index is 12.5. The number of piperazine rings is 1. The second-order valence-corrected chi connectivity index (χ2v) is 7.13. The average molecular weight is 330 g/mol. The molecule has 2 atom stereocenters. The van der Waals surface area contributed by atoms with Gasteiger partial charge in [0, 0.05) is 63.5 Å². The zero-order chi connectivity index (χ0) is 16.9. The van der Waals surface area contributed by atoms with Gasteiger partial charge in [0.05, 0.1) is 0 Å². The van der Waals surface area contributed by atoms with Crippen molar-refractivity contribution in [1.82, 2.24) is 9.80 Å². The van der Waals surface area contributed by atoms with E-state index >= 15 is 0 Å². The van der Waals surface area contributed by atoms with Crippen LogP contribution in [0.4, 0.5) is 5.69 Å². The third-order valence-electron chi connectivity index (χ3n) is 5.37. The maximum Gasteiger partial charge on any atom is 0.224 e. The smallest absolute Gasteiger partial charge is 0.224 e. The number of hydrogen-bond donors (Lipinski definition) is 1. The van der Waals surface area contributed by atoms with E-state index in [0.29, 0.717) is 12.3 Å². The van der Waals surface area contributed by atoms with Gasteiger partial charge in [-0.3, -0.25) is 9.69 Å². The molecule has 0 spiro atoms. The van der Waals surface area contributed by atoms with Crippen molar-refractivity contribution in [3.05, 3.63) is 30.3 Å². The quantitative estimate of drug-likeness (QED) is 0.910. The van der Waals surface area contributed by atoms with Crippen molar-refractivity contribution in [3.8, 4) is 0 Å². The van der Waals surface area contributed by atoms with Crippen LogP contribution in [0.5, 0.6) is 0 Å². The van der Waals surface area contributed by atoms with Gasteiger partial charge in [-0.15, -0.1) is 0 Å². The Kier molecular flexibility index (Phi) is 5.74. The van der Waals surface area contributed by atoms with Crippen LogP contribution in [0, 0.1) is 0 Å². The largest absolute Gasteiger partial charge is 0.369 e. The molecule has 1 aromatic carbocycles. The SMILES string of the molecule is C[C@H]1C[C@H](N)CCN1C(=O)CCN1CCN(c2ccccc2)CC1. The van der Waals surface area contributed by atoms with Crippen molar-refractivity contribution >= 4 is 11.6 Å². The summed E-state index contributed by atoms with van der Waals surface area (Å²) in [6.45, 7) is 7.95. The van der Waals surface area contributed by atoms with Crippen LogP contribution in [-0.4, -0.2) is 67.1 Å². The molecule has 0 saturated carbocycles. The fourth-order valence-electron chi connectivity index (χ4n) is 3.84. The first-order valence-corrected chi connectivity index (χ1v) is 9.21. The van der Waals surface area contributed by atoms with Crippen LogP contribution in [0.15, 0.2) is 30.3 Å². The lowest BCUT2D eigenvalue weighted by molar-refractivity contribution is -0.135. The number of nitrogens with two attached hydrogens (primary N) is 1. The average Bonchev–Trinajstić information content (AvgIpc) is 2.61. The van der Waals surface area contributed by atoms with Crippen LogP contribution < -0.4 is 10.6 Å². The summed E-state index contributed by atoms with van der Waals surface area (Å²) in [5.41, 5.74) is 7.29. The van der Waals surface area contributed by atoms with E-state index in [-0.39, 0.29) is 12.1 Å². The standard InChI is InChI=1S/C19H30N4O/c1-16-15-17(20)7-10-23(16)19(24)8-9-21-11-13-22(14-12-21)18-5-3-2-4-6-18/h2-6,16-17H,7-15,20H2,1H3/t16-,17+/m0/s1. The number of piperidine rings is 1. The molecule has 2 aliphatic heterocycles. The minimum Gasteiger partial charge on any atom is -0.369 e. The van der Waals surface area contributed by atoms with E-state index in [4.69, 9.17) is 5.73 Å². The molecule has 1 aromatic rings. The normalized spacial score (nSPS) is 25.8. The van der Waals surface area contributed by atoms with Gasteiger partial charge in [-0.25, -0.2) is 0 Å². The number of nitrogens with zero attached hydrogens (tertiary/aromatic N) is 3. The Labute approximate surface area is 145 Å².